The molecule has 2 aromatic rings. The van der Waals surface area contributed by atoms with Crippen molar-refractivity contribution in [3.05, 3.63) is 41.5 Å². The summed E-state index contributed by atoms with van der Waals surface area (Å²) >= 11 is 0. The van der Waals surface area contributed by atoms with Gasteiger partial charge >= 0.3 is 0 Å². The van der Waals surface area contributed by atoms with Crippen molar-refractivity contribution < 1.29 is 9.53 Å². The van der Waals surface area contributed by atoms with Crippen molar-refractivity contribution in [2.45, 2.75) is 45.7 Å². The molecule has 3 rings (SSSR count). The van der Waals surface area contributed by atoms with Gasteiger partial charge in [0.25, 0.3) is 0 Å². The summed E-state index contributed by atoms with van der Waals surface area (Å²) in [5.74, 6) is 2.69. The maximum Gasteiger partial charge on any atom is 0.222 e. The molecular weight excluding hydrogens is 304 g/mol. The summed E-state index contributed by atoms with van der Waals surface area (Å²) in [6, 6.07) is 7.91. The lowest BCUT2D eigenvalue weighted by molar-refractivity contribution is -0.134. The van der Waals surface area contributed by atoms with E-state index in [2.05, 4.69) is 10.1 Å². The van der Waals surface area contributed by atoms with E-state index in [1.807, 2.05) is 40.8 Å². The van der Waals surface area contributed by atoms with Crippen LogP contribution in [0.4, 0.5) is 0 Å². The summed E-state index contributed by atoms with van der Waals surface area (Å²) in [6.07, 6.45) is 3.33. The SMILES string of the molecule is CCn1nc(Cc2ccccc2OC)nc1CN1CCCCC1=O. The Balaban J connectivity index is 1.78. The van der Waals surface area contributed by atoms with Crippen LogP contribution in [-0.4, -0.2) is 39.2 Å². The Kier molecular flexibility index (Phi) is 5.13. The molecule has 1 saturated heterocycles. The van der Waals surface area contributed by atoms with Crippen LogP contribution in [0, 0.1) is 0 Å². The highest BCUT2D eigenvalue weighted by atomic mass is 16.5. The quantitative estimate of drug-likeness (QED) is 0.817. The number of piperidine rings is 1. The fourth-order valence-electron chi connectivity index (χ4n) is 3.09. The minimum atomic E-state index is 0.221. The highest BCUT2D eigenvalue weighted by molar-refractivity contribution is 5.76. The highest BCUT2D eigenvalue weighted by Crippen LogP contribution is 2.20. The lowest BCUT2D eigenvalue weighted by Gasteiger charge is -2.26. The van der Waals surface area contributed by atoms with Crippen LogP contribution in [0.1, 0.15) is 43.4 Å². The van der Waals surface area contributed by atoms with Crippen LogP contribution < -0.4 is 4.74 Å². The maximum atomic E-state index is 12.0. The standard InChI is InChI=1S/C18H24N4O2/c1-3-22-17(13-21-11-7-6-10-18(21)23)19-16(20-22)12-14-8-4-5-9-15(14)24-2/h4-5,8-9H,3,6-7,10-13H2,1-2H3. The topological polar surface area (TPSA) is 60.2 Å². The van der Waals surface area contributed by atoms with Crippen LogP contribution >= 0.6 is 0 Å². The average Bonchev–Trinajstić information content (AvgIpc) is 2.99. The van der Waals surface area contributed by atoms with Crippen molar-refractivity contribution in [2.24, 2.45) is 0 Å². The molecule has 0 aliphatic carbocycles. The molecule has 1 aliphatic rings. The number of nitrogens with zero attached hydrogens (tertiary/aromatic N) is 4. The molecule has 0 N–H and O–H groups in total. The van der Waals surface area contributed by atoms with Crippen LogP contribution in [0.15, 0.2) is 24.3 Å². The third-order valence-corrected chi connectivity index (χ3v) is 4.39. The summed E-state index contributed by atoms with van der Waals surface area (Å²) in [5, 5.41) is 4.60. The first-order chi connectivity index (χ1) is 11.7. The summed E-state index contributed by atoms with van der Waals surface area (Å²) in [5.41, 5.74) is 1.06. The van der Waals surface area contributed by atoms with Gasteiger partial charge in [0.05, 0.1) is 13.7 Å². The first-order valence-corrected chi connectivity index (χ1v) is 8.53. The van der Waals surface area contributed by atoms with Gasteiger partial charge in [-0.1, -0.05) is 18.2 Å². The number of methoxy groups -OCH3 is 1. The van der Waals surface area contributed by atoms with Crippen molar-refractivity contribution in [3.8, 4) is 5.75 Å². The van der Waals surface area contributed by atoms with Crippen LogP contribution in [0.25, 0.3) is 0 Å². The molecule has 0 saturated carbocycles. The number of amides is 1. The predicted octanol–water partition coefficient (Wildman–Crippen LogP) is 2.41. The van der Waals surface area contributed by atoms with Gasteiger partial charge in [0.15, 0.2) is 5.82 Å². The minimum absolute atomic E-state index is 0.221. The number of hydrogen-bond acceptors (Lipinski definition) is 4. The zero-order chi connectivity index (χ0) is 16.9. The van der Waals surface area contributed by atoms with E-state index in [1.165, 1.54) is 0 Å². The summed E-state index contributed by atoms with van der Waals surface area (Å²) < 4.78 is 7.30. The zero-order valence-corrected chi connectivity index (χ0v) is 14.4. The van der Waals surface area contributed by atoms with Gasteiger partial charge in [0.1, 0.15) is 11.6 Å². The Hall–Kier alpha value is -2.37. The van der Waals surface area contributed by atoms with E-state index < -0.39 is 0 Å². The van der Waals surface area contributed by atoms with Gasteiger partial charge in [-0.2, -0.15) is 5.10 Å². The van der Waals surface area contributed by atoms with Gasteiger partial charge < -0.3 is 9.64 Å². The number of carbonyl (C=O) groups is 1. The van der Waals surface area contributed by atoms with Crippen molar-refractivity contribution in [1.29, 1.82) is 0 Å². The molecule has 1 aromatic carbocycles. The van der Waals surface area contributed by atoms with Crippen molar-refractivity contribution in [2.75, 3.05) is 13.7 Å². The van der Waals surface area contributed by atoms with E-state index >= 15 is 0 Å². The Labute approximate surface area is 142 Å². The smallest absolute Gasteiger partial charge is 0.222 e. The number of para-hydroxylation sites is 1. The third kappa shape index (κ3) is 3.58. The van der Waals surface area contributed by atoms with Gasteiger partial charge in [-0.25, -0.2) is 9.67 Å². The molecule has 0 atom stereocenters. The molecule has 6 heteroatoms. The second-order valence-corrected chi connectivity index (χ2v) is 6.02. The molecule has 1 aliphatic heterocycles. The number of benzene rings is 1. The number of hydrogen-bond donors (Lipinski definition) is 0. The number of rotatable bonds is 6. The lowest BCUT2D eigenvalue weighted by Crippen LogP contribution is -2.35. The Bertz CT molecular complexity index is 711. The summed E-state index contributed by atoms with van der Waals surface area (Å²) in [7, 11) is 1.67. The Morgan fingerprint density at radius 1 is 1.25 bits per heavy atom. The molecule has 6 nitrogen and oxygen atoms in total. The number of carbonyl (C=O) groups excluding carboxylic acids is 1. The molecule has 1 amide bonds. The number of ether oxygens (including phenoxy) is 1. The maximum absolute atomic E-state index is 12.0. The fourth-order valence-corrected chi connectivity index (χ4v) is 3.09. The Morgan fingerprint density at radius 2 is 2.08 bits per heavy atom. The molecule has 24 heavy (non-hydrogen) atoms. The molecule has 128 valence electrons. The normalized spacial score (nSPS) is 14.9. The molecule has 1 fully saturated rings. The molecule has 0 spiro atoms. The van der Waals surface area contributed by atoms with Crippen molar-refractivity contribution >= 4 is 5.91 Å². The molecule has 0 unspecified atom stereocenters. The second kappa shape index (κ2) is 7.47. The average molecular weight is 328 g/mol. The van der Waals surface area contributed by atoms with E-state index in [4.69, 9.17) is 4.74 Å². The molecular formula is C18H24N4O2. The van der Waals surface area contributed by atoms with Gasteiger partial charge in [-0.15, -0.1) is 0 Å². The first-order valence-electron chi connectivity index (χ1n) is 8.53. The largest absolute Gasteiger partial charge is 0.496 e. The van der Waals surface area contributed by atoms with E-state index in [0.29, 0.717) is 19.4 Å². The van der Waals surface area contributed by atoms with Gasteiger partial charge in [0.2, 0.25) is 5.91 Å². The van der Waals surface area contributed by atoms with Crippen LogP contribution in [0.3, 0.4) is 0 Å². The minimum Gasteiger partial charge on any atom is -0.496 e. The monoisotopic (exact) mass is 328 g/mol. The first kappa shape index (κ1) is 16.5. The summed E-state index contributed by atoms with van der Waals surface area (Å²) in [6.45, 7) is 4.15. The van der Waals surface area contributed by atoms with Gasteiger partial charge in [0, 0.05) is 31.5 Å². The third-order valence-electron chi connectivity index (χ3n) is 4.39. The van der Waals surface area contributed by atoms with Crippen molar-refractivity contribution in [3.63, 3.8) is 0 Å². The number of aryl methyl sites for hydroxylation is 1. The van der Waals surface area contributed by atoms with Crippen LogP contribution in [0.5, 0.6) is 5.75 Å². The molecule has 2 heterocycles. The highest BCUT2D eigenvalue weighted by Gasteiger charge is 2.21. The number of likely N-dealkylation sites (tertiary alicyclic amines) is 1. The van der Waals surface area contributed by atoms with E-state index in [1.54, 1.807) is 7.11 Å². The molecule has 1 aromatic heterocycles. The van der Waals surface area contributed by atoms with Gasteiger partial charge in [-0.05, 0) is 25.8 Å². The van der Waals surface area contributed by atoms with E-state index in [0.717, 1.165) is 48.9 Å². The lowest BCUT2D eigenvalue weighted by atomic mass is 10.1. The molecule has 0 bridgehead atoms. The van der Waals surface area contributed by atoms with Crippen LogP contribution in [-0.2, 0) is 24.3 Å². The molecule has 0 radical (unpaired) electrons. The summed E-state index contributed by atoms with van der Waals surface area (Å²) in [4.78, 5) is 18.6. The Morgan fingerprint density at radius 3 is 2.83 bits per heavy atom. The fraction of sp³-hybridized carbons (Fsp3) is 0.500. The van der Waals surface area contributed by atoms with Gasteiger partial charge in [-0.3, -0.25) is 4.79 Å². The number of aromatic nitrogens is 3. The van der Waals surface area contributed by atoms with E-state index in [-0.39, 0.29) is 5.91 Å². The zero-order valence-electron chi connectivity index (χ0n) is 14.4. The predicted molar refractivity (Wildman–Crippen MR) is 90.8 cm³/mol. The van der Waals surface area contributed by atoms with Crippen molar-refractivity contribution in [1.82, 2.24) is 19.7 Å². The van der Waals surface area contributed by atoms with Crippen LogP contribution in [0.2, 0.25) is 0 Å². The second-order valence-electron chi connectivity index (χ2n) is 6.02. The van der Waals surface area contributed by atoms with E-state index in [9.17, 15) is 4.79 Å².